The normalized spacial score (nSPS) is 12.6. The second kappa shape index (κ2) is 12.6. The van der Waals surface area contributed by atoms with Crippen LogP contribution in [0.2, 0.25) is 0 Å². The van der Waals surface area contributed by atoms with Gasteiger partial charge in [-0.3, -0.25) is 9.59 Å². The number of nitrogens with one attached hydrogen (secondary N) is 2. The molecule has 3 aromatic carbocycles. The van der Waals surface area contributed by atoms with Crippen LogP contribution in [0, 0.1) is 25.7 Å². The summed E-state index contributed by atoms with van der Waals surface area (Å²) in [6, 6.07) is 17.3. The zero-order chi connectivity index (χ0) is 31.5. The van der Waals surface area contributed by atoms with Crippen LogP contribution in [0.4, 0.5) is 11.4 Å². The molecule has 0 spiro atoms. The van der Waals surface area contributed by atoms with E-state index in [0.29, 0.717) is 28.1 Å². The third kappa shape index (κ3) is 6.02. The summed E-state index contributed by atoms with van der Waals surface area (Å²) in [6.07, 6.45) is 1.60. The second-order valence-electron chi connectivity index (χ2n) is 11.2. The Hall–Kier alpha value is -5.09. The van der Waals surface area contributed by atoms with Gasteiger partial charge >= 0.3 is 0 Å². The van der Waals surface area contributed by atoms with Crippen LogP contribution in [0.5, 0.6) is 0 Å². The van der Waals surface area contributed by atoms with Crippen molar-refractivity contribution < 1.29 is 14.4 Å². The maximum Gasteiger partial charge on any atom is 0.255 e. The summed E-state index contributed by atoms with van der Waals surface area (Å²) in [5, 5.41) is 21.6. The minimum Gasteiger partial charge on any atom is -0.396 e. The Kier molecular flexibility index (Phi) is 8.73. The lowest BCUT2D eigenvalue weighted by atomic mass is 9.92. The summed E-state index contributed by atoms with van der Waals surface area (Å²) in [4.78, 5) is 42.5. The maximum absolute atomic E-state index is 14.3. The van der Waals surface area contributed by atoms with Crippen LogP contribution < -0.4 is 10.9 Å². The predicted octanol–water partition coefficient (Wildman–Crippen LogP) is 6.41. The van der Waals surface area contributed by atoms with Crippen molar-refractivity contribution in [3.05, 3.63) is 116 Å². The molecule has 3 N–H and O–H groups in total. The van der Waals surface area contributed by atoms with Crippen molar-refractivity contribution >= 4 is 28.1 Å². The molecule has 0 bridgehead atoms. The summed E-state index contributed by atoms with van der Waals surface area (Å²) in [5.74, 6) is 0.342. The summed E-state index contributed by atoms with van der Waals surface area (Å²) >= 11 is 0. The number of H-pyrrole nitrogens is 1. The number of aromatic amines is 1. The molecule has 5 rings (SSSR count). The van der Waals surface area contributed by atoms with Crippen molar-refractivity contribution in [3.8, 4) is 11.1 Å². The molecule has 226 valence electrons. The van der Waals surface area contributed by atoms with Gasteiger partial charge in [-0.05, 0) is 89.5 Å². The molecule has 5 aromatic rings. The topological polar surface area (TPSA) is 141 Å². The number of hydrogen-bond donors (Lipinski definition) is 3. The van der Waals surface area contributed by atoms with Crippen LogP contribution in [0.1, 0.15) is 52.6 Å². The van der Waals surface area contributed by atoms with Gasteiger partial charge in [0.1, 0.15) is 17.5 Å². The van der Waals surface area contributed by atoms with Crippen molar-refractivity contribution in [3.63, 3.8) is 0 Å². The van der Waals surface area contributed by atoms with E-state index in [0.717, 1.165) is 33.2 Å². The quantitative estimate of drug-likeness (QED) is 0.159. The van der Waals surface area contributed by atoms with Crippen LogP contribution in [0.3, 0.4) is 0 Å². The lowest BCUT2D eigenvalue weighted by Crippen LogP contribution is -2.35. The average Bonchev–Trinajstić information content (AvgIpc) is 3.36. The number of aliphatic hydroxyl groups excluding tert-OH is 1. The van der Waals surface area contributed by atoms with Gasteiger partial charge in [-0.1, -0.05) is 42.4 Å². The molecule has 0 aliphatic rings. The Bertz CT molecular complexity index is 1890. The van der Waals surface area contributed by atoms with Gasteiger partial charge in [-0.25, -0.2) is 0 Å². The van der Waals surface area contributed by atoms with Crippen molar-refractivity contribution in [1.29, 1.82) is 0 Å². The van der Waals surface area contributed by atoms with Gasteiger partial charge in [0.25, 0.3) is 5.56 Å². The molecule has 44 heavy (non-hydrogen) atoms. The third-order valence-electron chi connectivity index (χ3n) is 8.05. The largest absolute Gasteiger partial charge is 0.396 e. The molecule has 0 saturated carbocycles. The highest BCUT2D eigenvalue weighted by atomic mass is 16.5. The van der Waals surface area contributed by atoms with E-state index in [2.05, 4.69) is 20.6 Å². The Morgan fingerprint density at radius 2 is 1.89 bits per heavy atom. The van der Waals surface area contributed by atoms with Crippen LogP contribution in [-0.2, 0) is 11.3 Å². The fourth-order valence-corrected chi connectivity index (χ4v) is 5.69. The average molecular weight is 594 g/mol. The van der Waals surface area contributed by atoms with Crippen LogP contribution in [0.15, 0.2) is 81.4 Å². The van der Waals surface area contributed by atoms with E-state index in [1.807, 2.05) is 64.1 Å². The van der Waals surface area contributed by atoms with Gasteiger partial charge in [0.05, 0.1) is 5.69 Å². The standard InChI is InChI=1S/C34H35N5O5/c1-19-14-24(7-10-28(19)20(2)18-40)32(36-26-8-6-23-12-13-35-33(41)30(23)16-26)34(42)39(5)17-25-15-27(37-43)9-11-29(25)31-21(3)38-44-22(31)4/h6-16,20,32,36,40H,17-18H2,1-5H3,(H,35,41)/t20-,32?/m0/s1. The Balaban J connectivity index is 1.54. The van der Waals surface area contributed by atoms with E-state index >= 15 is 0 Å². The van der Waals surface area contributed by atoms with E-state index in [-0.39, 0.29) is 36.2 Å². The number of rotatable bonds is 10. The zero-order valence-electron chi connectivity index (χ0n) is 25.3. The van der Waals surface area contributed by atoms with Gasteiger partial charge in [0, 0.05) is 49.0 Å². The smallest absolute Gasteiger partial charge is 0.255 e. The summed E-state index contributed by atoms with van der Waals surface area (Å²) in [6.45, 7) is 7.75. The van der Waals surface area contributed by atoms with Crippen LogP contribution in [-0.4, -0.2) is 39.7 Å². The molecule has 1 unspecified atom stereocenters. The van der Waals surface area contributed by atoms with Crippen molar-refractivity contribution in [1.82, 2.24) is 15.0 Å². The first-order valence-electron chi connectivity index (χ1n) is 14.3. The van der Waals surface area contributed by atoms with Gasteiger partial charge in [0.2, 0.25) is 5.91 Å². The molecule has 0 aliphatic heterocycles. The molecule has 0 saturated heterocycles. The first kappa shape index (κ1) is 30.4. The predicted molar refractivity (Wildman–Crippen MR) is 171 cm³/mol. The molecule has 2 heterocycles. The number of likely N-dealkylation sites (N-methyl/N-ethyl adjacent to an activating group) is 1. The highest BCUT2D eigenvalue weighted by molar-refractivity contribution is 5.89. The Labute approximate surface area is 254 Å². The molecule has 10 heteroatoms. The number of benzene rings is 3. The van der Waals surface area contributed by atoms with E-state index in [9.17, 15) is 19.6 Å². The number of hydrogen-bond acceptors (Lipinski definition) is 8. The number of nitrogens with zero attached hydrogens (tertiary/aromatic N) is 3. The number of carbonyl (C=O) groups is 1. The number of aliphatic hydroxyl groups is 1. The Morgan fingerprint density at radius 1 is 1.09 bits per heavy atom. The van der Waals surface area contributed by atoms with Gasteiger partial charge in [-0.15, -0.1) is 4.91 Å². The van der Waals surface area contributed by atoms with Crippen LogP contribution in [0.25, 0.3) is 21.9 Å². The van der Waals surface area contributed by atoms with Crippen molar-refractivity contribution in [2.24, 2.45) is 5.18 Å². The lowest BCUT2D eigenvalue weighted by Gasteiger charge is -2.27. The third-order valence-corrected chi connectivity index (χ3v) is 8.05. The number of aryl methyl sites for hydroxylation is 3. The summed E-state index contributed by atoms with van der Waals surface area (Å²) in [5.41, 5.74) is 6.32. The number of fused-ring (bicyclic) bond motifs is 1. The molecule has 10 nitrogen and oxygen atoms in total. The number of anilines is 1. The maximum atomic E-state index is 14.3. The minimum absolute atomic E-state index is 0.0113. The SMILES string of the molecule is Cc1cc(C(Nc2ccc3cc[nH]c(=O)c3c2)C(=O)N(C)Cc2cc(N=O)ccc2-c2c(C)noc2C)ccc1[C@@H](C)CO. The molecule has 0 radical (unpaired) electrons. The van der Waals surface area contributed by atoms with Gasteiger partial charge in [-0.2, -0.15) is 0 Å². The minimum atomic E-state index is -0.813. The van der Waals surface area contributed by atoms with Crippen molar-refractivity contribution in [2.45, 2.75) is 46.2 Å². The van der Waals surface area contributed by atoms with E-state index in [4.69, 9.17) is 4.52 Å². The molecular formula is C34H35N5O5. The van der Waals surface area contributed by atoms with E-state index in [1.54, 1.807) is 42.4 Å². The fraction of sp³-hybridized carbons (Fsp3) is 0.265. The van der Waals surface area contributed by atoms with E-state index in [1.165, 1.54) is 0 Å². The Morgan fingerprint density at radius 3 is 2.57 bits per heavy atom. The van der Waals surface area contributed by atoms with Crippen LogP contribution >= 0.6 is 0 Å². The number of pyridine rings is 1. The highest BCUT2D eigenvalue weighted by Crippen LogP contribution is 2.34. The molecule has 0 aliphatic carbocycles. The van der Waals surface area contributed by atoms with Gasteiger partial charge < -0.3 is 24.8 Å². The first-order chi connectivity index (χ1) is 21.1. The molecular weight excluding hydrogens is 558 g/mol. The van der Waals surface area contributed by atoms with Crippen molar-refractivity contribution in [2.75, 3.05) is 19.0 Å². The monoisotopic (exact) mass is 593 g/mol. The number of nitroso groups, excluding NO2 is 1. The lowest BCUT2D eigenvalue weighted by molar-refractivity contribution is -0.131. The molecule has 1 amide bonds. The molecule has 2 atom stereocenters. The fourth-order valence-electron chi connectivity index (χ4n) is 5.69. The summed E-state index contributed by atoms with van der Waals surface area (Å²) < 4.78 is 5.39. The summed E-state index contributed by atoms with van der Waals surface area (Å²) in [7, 11) is 1.70. The zero-order valence-corrected chi connectivity index (χ0v) is 25.3. The molecule has 2 aromatic heterocycles. The second-order valence-corrected chi connectivity index (χ2v) is 11.2. The first-order valence-corrected chi connectivity index (χ1v) is 14.3. The number of amides is 1. The molecule has 0 fully saturated rings. The van der Waals surface area contributed by atoms with E-state index < -0.39 is 6.04 Å². The number of aromatic nitrogens is 2. The van der Waals surface area contributed by atoms with Gasteiger partial charge in [0.15, 0.2) is 0 Å². The number of carbonyl (C=O) groups excluding carboxylic acids is 1. The highest BCUT2D eigenvalue weighted by Gasteiger charge is 2.27.